The van der Waals surface area contributed by atoms with Crippen molar-refractivity contribution in [1.29, 1.82) is 0 Å². The summed E-state index contributed by atoms with van der Waals surface area (Å²) in [7, 11) is 4.50. The molecule has 2 aromatic carbocycles. The maximum atomic E-state index is 13.1. The largest absolute Gasteiger partial charge is 0.493 e. The molecule has 2 amide bonds. The molecule has 0 atom stereocenters. The van der Waals surface area contributed by atoms with Crippen LogP contribution >= 0.6 is 0 Å². The minimum atomic E-state index is -0.182. The molecule has 29 heavy (non-hydrogen) atoms. The van der Waals surface area contributed by atoms with E-state index in [9.17, 15) is 9.59 Å². The molecule has 154 valence electrons. The van der Waals surface area contributed by atoms with Gasteiger partial charge in [0.05, 0.1) is 26.9 Å². The number of nitrogens with zero attached hydrogens (tertiary/aromatic N) is 2. The van der Waals surface area contributed by atoms with Crippen molar-refractivity contribution in [3.05, 3.63) is 47.5 Å². The predicted octanol–water partition coefficient (Wildman–Crippen LogP) is 1.89. The first-order chi connectivity index (χ1) is 14.0. The molecular weight excluding hydrogens is 374 g/mol. The molecule has 1 saturated heterocycles. The summed E-state index contributed by atoms with van der Waals surface area (Å²) in [5.74, 6) is 0.914. The van der Waals surface area contributed by atoms with Crippen molar-refractivity contribution in [1.82, 2.24) is 9.80 Å². The zero-order chi connectivity index (χ0) is 21.0. The van der Waals surface area contributed by atoms with Gasteiger partial charge in [-0.15, -0.1) is 0 Å². The van der Waals surface area contributed by atoms with Crippen LogP contribution in [0.4, 0.5) is 5.69 Å². The van der Waals surface area contributed by atoms with Crippen LogP contribution in [0.15, 0.2) is 36.4 Å². The lowest BCUT2D eigenvalue weighted by Crippen LogP contribution is -2.50. The summed E-state index contributed by atoms with van der Waals surface area (Å²) < 4.78 is 16.0. The first kappa shape index (κ1) is 20.3. The average Bonchev–Trinajstić information content (AvgIpc) is 2.77. The molecule has 0 saturated carbocycles. The maximum absolute atomic E-state index is 13.1. The molecule has 0 spiro atoms. The van der Waals surface area contributed by atoms with Crippen LogP contribution in [-0.4, -0.2) is 69.1 Å². The molecule has 0 aliphatic carbocycles. The van der Waals surface area contributed by atoms with Crippen molar-refractivity contribution in [2.45, 2.75) is 0 Å². The summed E-state index contributed by atoms with van der Waals surface area (Å²) in [6.07, 6.45) is 0. The monoisotopic (exact) mass is 399 g/mol. The van der Waals surface area contributed by atoms with Crippen molar-refractivity contribution in [3.63, 3.8) is 0 Å². The number of amides is 2. The molecule has 1 fully saturated rings. The van der Waals surface area contributed by atoms with E-state index in [0.29, 0.717) is 60.2 Å². The molecule has 1 aliphatic heterocycles. The van der Waals surface area contributed by atoms with E-state index in [1.54, 1.807) is 46.2 Å². The SMILES string of the molecule is COc1ccc(C(=O)N2CCN(C(=O)c3cccc(N)c3)CC2)c(OC)c1OC. The lowest BCUT2D eigenvalue weighted by atomic mass is 10.1. The zero-order valence-corrected chi connectivity index (χ0v) is 16.8. The highest BCUT2D eigenvalue weighted by Gasteiger charge is 2.29. The van der Waals surface area contributed by atoms with Gasteiger partial charge < -0.3 is 29.7 Å². The van der Waals surface area contributed by atoms with Crippen LogP contribution in [0.25, 0.3) is 0 Å². The fraction of sp³-hybridized carbons (Fsp3) is 0.333. The Kier molecular flexibility index (Phi) is 6.11. The fourth-order valence-electron chi connectivity index (χ4n) is 3.41. The van der Waals surface area contributed by atoms with E-state index in [1.807, 2.05) is 0 Å². The molecule has 0 bridgehead atoms. The molecular formula is C21H25N3O5. The Balaban J connectivity index is 1.73. The van der Waals surface area contributed by atoms with Gasteiger partial charge in [-0.25, -0.2) is 0 Å². The molecule has 0 aromatic heterocycles. The van der Waals surface area contributed by atoms with Crippen LogP contribution in [0.3, 0.4) is 0 Å². The Morgan fingerprint density at radius 3 is 2.00 bits per heavy atom. The first-order valence-electron chi connectivity index (χ1n) is 9.23. The van der Waals surface area contributed by atoms with Gasteiger partial charge in [0.2, 0.25) is 5.75 Å². The van der Waals surface area contributed by atoms with Gasteiger partial charge in [0.1, 0.15) is 0 Å². The maximum Gasteiger partial charge on any atom is 0.257 e. The van der Waals surface area contributed by atoms with E-state index in [4.69, 9.17) is 19.9 Å². The zero-order valence-electron chi connectivity index (χ0n) is 16.8. The first-order valence-corrected chi connectivity index (χ1v) is 9.23. The van der Waals surface area contributed by atoms with Gasteiger partial charge >= 0.3 is 0 Å². The predicted molar refractivity (Wildman–Crippen MR) is 109 cm³/mol. The molecule has 8 heteroatoms. The third-order valence-electron chi connectivity index (χ3n) is 4.92. The second-order valence-electron chi connectivity index (χ2n) is 6.59. The van der Waals surface area contributed by atoms with E-state index in [2.05, 4.69) is 0 Å². The van der Waals surface area contributed by atoms with Crippen molar-refractivity contribution < 1.29 is 23.8 Å². The number of ether oxygens (including phenoxy) is 3. The van der Waals surface area contributed by atoms with Crippen LogP contribution < -0.4 is 19.9 Å². The number of piperazine rings is 1. The summed E-state index contributed by atoms with van der Waals surface area (Å²) >= 11 is 0. The molecule has 1 aliphatic rings. The molecule has 1 heterocycles. The highest BCUT2D eigenvalue weighted by molar-refractivity contribution is 5.99. The highest BCUT2D eigenvalue weighted by Crippen LogP contribution is 2.40. The van der Waals surface area contributed by atoms with Gasteiger partial charge in [0.15, 0.2) is 11.5 Å². The summed E-state index contributed by atoms with van der Waals surface area (Å²) in [5.41, 5.74) is 7.25. The lowest BCUT2D eigenvalue weighted by molar-refractivity contribution is 0.0533. The number of rotatable bonds is 5. The second-order valence-corrected chi connectivity index (χ2v) is 6.59. The smallest absolute Gasteiger partial charge is 0.257 e. The quantitative estimate of drug-likeness (QED) is 0.772. The van der Waals surface area contributed by atoms with Gasteiger partial charge in [0.25, 0.3) is 11.8 Å². The highest BCUT2D eigenvalue weighted by atomic mass is 16.5. The lowest BCUT2D eigenvalue weighted by Gasteiger charge is -2.35. The van der Waals surface area contributed by atoms with Gasteiger partial charge in [-0.3, -0.25) is 9.59 Å². The van der Waals surface area contributed by atoms with Crippen LogP contribution in [0.2, 0.25) is 0 Å². The molecule has 0 unspecified atom stereocenters. The third-order valence-corrected chi connectivity index (χ3v) is 4.92. The number of benzene rings is 2. The van der Waals surface area contributed by atoms with Crippen molar-refractivity contribution in [2.75, 3.05) is 53.2 Å². The minimum Gasteiger partial charge on any atom is -0.493 e. The second kappa shape index (κ2) is 8.72. The number of nitrogen functional groups attached to an aromatic ring is 1. The van der Waals surface area contributed by atoms with Crippen molar-refractivity contribution >= 4 is 17.5 Å². The van der Waals surface area contributed by atoms with Crippen LogP contribution in [-0.2, 0) is 0 Å². The Morgan fingerprint density at radius 1 is 0.828 bits per heavy atom. The van der Waals surface area contributed by atoms with Gasteiger partial charge in [-0.05, 0) is 30.3 Å². The molecule has 8 nitrogen and oxygen atoms in total. The fourth-order valence-corrected chi connectivity index (χ4v) is 3.41. The van der Waals surface area contributed by atoms with Crippen LogP contribution in [0.1, 0.15) is 20.7 Å². The van der Waals surface area contributed by atoms with E-state index < -0.39 is 0 Å². The van der Waals surface area contributed by atoms with Gasteiger partial charge in [0, 0.05) is 37.4 Å². The number of nitrogens with two attached hydrogens (primary N) is 1. The topological polar surface area (TPSA) is 94.3 Å². The van der Waals surface area contributed by atoms with E-state index in [0.717, 1.165) is 0 Å². The average molecular weight is 399 g/mol. The molecule has 0 radical (unpaired) electrons. The summed E-state index contributed by atoms with van der Waals surface area (Å²) in [6, 6.07) is 10.2. The summed E-state index contributed by atoms with van der Waals surface area (Å²) in [6.45, 7) is 1.72. The van der Waals surface area contributed by atoms with Crippen molar-refractivity contribution in [3.8, 4) is 17.2 Å². The number of carbonyl (C=O) groups is 2. The number of hydrogen-bond acceptors (Lipinski definition) is 6. The molecule has 2 N–H and O–H groups in total. The van der Waals surface area contributed by atoms with Crippen LogP contribution in [0.5, 0.6) is 17.2 Å². The summed E-state index contributed by atoms with van der Waals surface area (Å²) in [5, 5.41) is 0. The number of anilines is 1. The number of carbonyl (C=O) groups excluding carboxylic acids is 2. The van der Waals surface area contributed by atoms with E-state index in [1.165, 1.54) is 21.3 Å². The summed E-state index contributed by atoms with van der Waals surface area (Å²) in [4.78, 5) is 29.2. The van der Waals surface area contributed by atoms with Crippen LogP contribution in [0, 0.1) is 0 Å². The standard InChI is InChI=1S/C21H25N3O5/c1-27-17-8-7-16(18(28-2)19(17)29-3)21(26)24-11-9-23(10-12-24)20(25)14-5-4-6-15(22)13-14/h4-8,13H,9-12,22H2,1-3H3. The molecule has 3 rings (SSSR count). The minimum absolute atomic E-state index is 0.0897. The third kappa shape index (κ3) is 4.06. The Bertz CT molecular complexity index is 907. The van der Waals surface area contributed by atoms with Gasteiger partial charge in [-0.2, -0.15) is 0 Å². The molecule has 2 aromatic rings. The normalized spacial score (nSPS) is 13.8. The van der Waals surface area contributed by atoms with E-state index in [-0.39, 0.29) is 11.8 Å². The number of hydrogen-bond donors (Lipinski definition) is 1. The Labute approximate surface area is 169 Å². The Hall–Kier alpha value is -3.42. The Morgan fingerprint density at radius 2 is 1.45 bits per heavy atom. The van der Waals surface area contributed by atoms with Crippen molar-refractivity contribution in [2.24, 2.45) is 0 Å². The van der Waals surface area contributed by atoms with E-state index >= 15 is 0 Å². The van der Waals surface area contributed by atoms with Gasteiger partial charge in [-0.1, -0.05) is 6.07 Å². The number of methoxy groups -OCH3 is 3.